The lowest BCUT2D eigenvalue weighted by atomic mass is 10.2. The van der Waals surface area contributed by atoms with Gasteiger partial charge in [-0.15, -0.1) is 22.7 Å². The molecule has 0 saturated heterocycles. The van der Waals surface area contributed by atoms with Gasteiger partial charge in [0.1, 0.15) is 5.75 Å². The lowest BCUT2D eigenvalue weighted by Crippen LogP contribution is -2.20. The van der Waals surface area contributed by atoms with Crippen molar-refractivity contribution in [3.8, 4) is 16.3 Å². The predicted octanol–water partition coefficient (Wildman–Crippen LogP) is 4.85. The molecule has 0 atom stereocenters. The van der Waals surface area contributed by atoms with Gasteiger partial charge in [-0.25, -0.2) is 4.98 Å². The second-order valence-corrected chi connectivity index (χ2v) is 6.98. The summed E-state index contributed by atoms with van der Waals surface area (Å²) in [7, 11) is 0. The Labute approximate surface area is 146 Å². The van der Waals surface area contributed by atoms with Crippen LogP contribution in [0.5, 0.6) is 5.75 Å². The minimum Gasteiger partial charge on any atom is -0.484 e. The normalized spacial score (nSPS) is 10.5. The highest BCUT2D eigenvalue weighted by Gasteiger charge is 2.09. The fourth-order valence-corrected chi connectivity index (χ4v) is 3.48. The van der Waals surface area contributed by atoms with Crippen LogP contribution < -0.4 is 10.1 Å². The third kappa shape index (κ3) is 4.10. The third-order valence-corrected chi connectivity index (χ3v) is 5.10. The highest BCUT2D eigenvalue weighted by molar-refractivity contribution is 7.16. The summed E-state index contributed by atoms with van der Waals surface area (Å²) in [6.07, 6.45) is 0. The van der Waals surface area contributed by atoms with E-state index in [0.717, 1.165) is 16.1 Å². The third-order valence-electron chi connectivity index (χ3n) is 3.02. The summed E-state index contributed by atoms with van der Waals surface area (Å²) in [5, 5.41) is 7.90. The first kappa shape index (κ1) is 16.0. The molecule has 118 valence electrons. The molecule has 3 rings (SSSR count). The molecule has 0 aliphatic heterocycles. The van der Waals surface area contributed by atoms with Gasteiger partial charge in [-0.05, 0) is 42.1 Å². The van der Waals surface area contributed by atoms with Gasteiger partial charge in [0.05, 0.1) is 10.6 Å². The highest BCUT2D eigenvalue weighted by Crippen LogP contribution is 2.28. The number of carbonyl (C=O) groups excluding carboxylic acids is 1. The van der Waals surface area contributed by atoms with Crippen LogP contribution in [0, 0.1) is 6.92 Å². The topological polar surface area (TPSA) is 51.2 Å². The van der Waals surface area contributed by atoms with Gasteiger partial charge in [-0.2, -0.15) is 0 Å². The Bertz CT molecular complexity index is 815. The van der Waals surface area contributed by atoms with Crippen LogP contribution >= 0.6 is 34.3 Å². The zero-order chi connectivity index (χ0) is 16.2. The largest absolute Gasteiger partial charge is 0.484 e. The molecule has 23 heavy (non-hydrogen) atoms. The molecule has 3 aromatic rings. The molecule has 1 aromatic carbocycles. The Kier molecular flexibility index (Phi) is 4.95. The summed E-state index contributed by atoms with van der Waals surface area (Å²) in [6, 6.07) is 9.25. The number of hydrogen-bond acceptors (Lipinski definition) is 5. The van der Waals surface area contributed by atoms with Crippen LogP contribution in [0.4, 0.5) is 5.13 Å². The molecule has 7 heteroatoms. The first-order valence-corrected chi connectivity index (χ1v) is 8.94. The van der Waals surface area contributed by atoms with Gasteiger partial charge >= 0.3 is 0 Å². The summed E-state index contributed by atoms with van der Waals surface area (Å²) < 4.78 is 5.46. The maximum Gasteiger partial charge on any atom is 0.264 e. The Morgan fingerprint density at radius 2 is 2.22 bits per heavy atom. The zero-order valence-electron chi connectivity index (χ0n) is 12.2. The number of hydrogen-bond donors (Lipinski definition) is 1. The van der Waals surface area contributed by atoms with E-state index in [2.05, 4.69) is 10.3 Å². The van der Waals surface area contributed by atoms with E-state index < -0.39 is 0 Å². The van der Waals surface area contributed by atoms with E-state index in [1.807, 2.05) is 29.8 Å². The predicted molar refractivity (Wildman–Crippen MR) is 95.7 cm³/mol. The van der Waals surface area contributed by atoms with Gasteiger partial charge in [0, 0.05) is 10.4 Å². The van der Waals surface area contributed by atoms with Gasteiger partial charge in [-0.3, -0.25) is 10.1 Å². The minimum atomic E-state index is -0.246. The molecular weight excluding hydrogens is 352 g/mol. The monoisotopic (exact) mass is 364 g/mol. The number of thiophene rings is 1. The maximum absolute atomic E-state index is 11.9. The molecule has 2 aromatic heterocycles. The van der Waals surface area contributed by atoms with Gasteiger partial charge < -0.3 is 4.74 Å². The van der Waals surface area contributed by atoms with Crippen LogP contribution in [0.2, 0.25) is 5.02 Å². The van der Waals surface area contributed by atoms with Gasteiger partial charge in [0.25, 0.3) is 5.91 Å². The minimum absolute atomic E-state index is 0.0744. The summed E-state index contributed by atoms with van der Waals surface area (Å²) in [5.74, 6) is 0.366. The number of aromatic nitrogens is 1. The molecule has 0 radical (unpaired) electrons. The zero-order valence-corrected chi connectivity index (χ0v) is 14.6. The molecule has 1 N–H and O–H groups in total. The van der Waals surface area contributed by atoms with Crippen LogP contribution in [0.3, 0.4) is 0 Å². The van der Waals surface area contributed by atoms with Gasteiger partial charge in [0.2, 0.25) is 0 Å². The molecule has 0 saturated carbocycles. The standard InChI is InChI=1S/C16H13ClN2O2S2/c1-10-7-11(4-5-12(10)17)21-8-15(20)19-16-18-13(9-23-16)14-3-2-6-22-14/h2-7,9H,8H2,1H3,(H,18,19,20). The number of rotatable bonds is 5. The Morgan fingerprint density at radius 3 is 2.96 bits per heavy atom. The maximum atomic E-state index is 11.9. The molecule has 1 amide bonds. The Morgan fingerprint density at radius 1 is 1.35 bits per heavy atom. The summed E-state index contributed by atoms with van der Waals surface area (Å²) >= 11 is 8.96. The average molecular weight is 365 g/mol. The molecular formula is C16H13ClN2O2S2. The quantitative estimate of drug-likeness (QED) is 0.704. The van der Waals surface area contributed by atoms with E-state index in [9.17, 15) is 4.79 Å². The molecule has 0 spiro atoms. The fourth-order valence-electron chi connectivity index (χ4n) is 1.88. The SMILES string of the molecule is Cc1cc(OCC(=O)Nc2nc(-c3cccs3)cs2)ccc1Cl. The first-order chi connectivity index (χ1) is 11.1. The molecule has 0 unspecified atom stereocenters. The van der Waals surface area contributed by atoms with Gasteiger partial charge in [-0.1, -0.05) is 17.7 Å². The number of anilines is 1. The highest BCUT2D eigenvalue weighted by atomic mass is 35.5. The van der Waals surface area contributed by atoms with Crippen molar-refractivity contribution in [3.63, 3.8) is 0 Å². The fraction of sp³-hybridized carbons (Fsp3) is 0.125. The van der Waals surface area contributed by atoms with Gasteiger partial charge in [0.15, 0.2) is 11.7 Å². The number of halogens is 1. The van der Waals surface area contributed by atoms with E-state index in [4.69, 9.17) is 16.3 Å². The molecule has 2 heterocycles. The van der Waals surface area contributed by atoms with Crippen LogP contribution in [0.15, 0.2) is 41.1 Å². The summed E-state index contributed by atoms with van der Waals surface area (Å²) in [6.45, 7) is 1.81. The van der Waals surface area contributed by atoms with Crippen LogP contribution in [0.1, 0.15) is 5.56 Å². The number of aryl methyl sites for hydroxylation is 1. The molecule has 0 fully saturated rings. The summed E-state index contributed by atoms with van der Waals surface area (Å²) in [4.78, 5) is 17.4. The van der Waals surface area contributed by atoms with Crippen molar-refractivity contribution in [1.29, 1.82) is 0 Å². The number of amides is 1. The second kappa shape index (κ2) is 7.12. The lowest BCUT2D eigenvalue weighted by molar-refractivity contribution is -0.118. The second-order valence-electron chi connectivity index (χ2n) is 4.76. The van der Waals surface area contributed by atoms with E-state index in [-0.39, 0.29) is 12.5 Å². The van der Waals surface area contributed by atoms with Crippen molar-refractivity contribution in [3.05, 3.63) is 51.7 Å². The number of benzene rings is 1. The van der Waals surface area contributed by atoms with Crippen molar-refractivity contribution in [2.45, 2.75) is 6.92 Å². The number of thiazole rings is 1. The van der Waals surface area contributed by atoms with Crippen molar-refractivity contribution < 1.29 is 9.53 Å². The number of nitrogens with zero attached hydrogens (tertiary/aromatic N) is 1. The van der Waals surface area contributed by atoms with E-state index in [1.54, 1.807) is 29.5 Å². The Balaban J connectivity index is 1.56. The van der Waals surface area contributed by atoms with Crippen molar-refractivity contribution in [2.75, 3.05) is 11.9 Å². The first-order valence-electron chi connectivity index (χ1n) is 6.80. The molecule has 0 aliphatic rings. The average Bonchev–Trinajstić information content (AvgIpc) is 3.19. The smallest absolute Gasteiger partial charge is 0.264 e. The van der Waals surface area contributed by atoms with Crippen LogP contribution in [0.25, 0.3) is 10.6 Å². The molecule has 0 aliphatic carbocycles. The van der Waals surface area contributed by atoms with Crippen LogP contribution in [-0.2, 0) is 4.79 Å². The lowest BCUT2D eigenvalue weighted by Gasteiger charge is -2.07. The molecule has 4 nitrogen and oxygen atoms in total. The Hall–Kier alpha value is -1.89. The van der Waals surface area contributed by atoms with E-state index in [0.29, 0.717) is 15.9 Å². The summed E-state index contributed by atoms with van der Waals surface area (Å²) in [5.41, 5.74) is 1.78. The van der Waals surface area contributed by atoms with Crippen molar-refractivity contribution in [2.24, 2.45) is 0 Å². The van der Waals surface area contributed by atoms with Crippen LogP contribution in [-0.4, -0.2) is 17.5 Å². The number of carbonyl (C=O) groups is 1. The van der Waals surface area contributed by atoms with Crippen molar-refractivity contribution in [1.82, 2.24) is 4.98 Å². The number of nitrogens with one attached hydrogen (secondary N) is 1. The molecule has 0 bridgehead atoms. The van der Waals surface area contributed by atoms with E-state index >= 15 is 0 Å². The number of ether oxygens (including phenoxy) is 1. The van der Waals surface area contributed by atoms with Crippen molar-refractivity contribution >= 4 is 45.3 Å². The van der Waals surface area contributed by atoms with E-state index in [1.165, 1.54) is 11.3 Å².